The van der Waals surface area contributed by atoms with E-state index in [1.807, 2.05) is 0 Å². The lowest BCUT2D eigenvalue weighted by atomic mass is 9.90. The van der Waals surface area contributed by atoms with E-state index in [2.05, 4.69) is 10.6 Å². The number of aliphatic hydroxyl groups is 1. The molecule has 0 aromatic heterocycles. The molecule has 1 fully saturated rings. The lowest BCUT2D eigenvalue weighted by Gasteiger charge is -2.35. The van der Waals surface area contributed by atoms with Crippen LogP contribution in [0.1, 0.15) is 35.7 Å². The smallest absolute Gasteiger partial charge is 0.412 e. The molecule has 0 bridgehead atoms. The molecule has 196 valence electrons. The Labute approximate surface area is 217 Å². The average molecular weight is 531 g/mol. The number of fused-ring (bicyclic) bond motifs is 2. The quantitative estimate of drug-likeness (QED) is 0.448. The number of halogens is 1. The van der Waals surface area contributed by atoms with E-state index >= 15 is 0 Å². The van der Waals surface area contributed by atoms with Crippen molar-refractivity contribution in [3.8, 4) is 0 Å². The van der Waals surface area contributed by atoms with Gasteiger partial charge in [0.25, 0.3) is 5.91 Å². The van der Waals surface area contributed by atoms with Crippen LogP contribution in [0.3, 0.4) is 0 Å². The van der Waals surface area contributed by atoms with Crippen LogP contribution in [0.25, 0.3) is 0 Å². The second-order valence-electron chi connectivity index (χ2n) is 9.21. The third-order valence-corrected chi connectivity index (χ3v) is 6.76. The first-order chi connectivity index (χ1) is 17.5. The number of hydrogen-bond acceptors (Lipinski definition) is 6. The SMILES string of the molecule is CC(O)C[C@H](NC(=O)c1ccc(N(C)C(=O)O)cc1)C(=O)N1CC[C@@]2(C1)OC(=O)Nc1ccc(Cl)cc12. The average Bonchev–Trinajstić information content (AvgIpc) is 3.27. The highest BCUT2D eigenvalue weighted by atomic mass is 35.5. The summed E-state index contributed by atoms with van der Waals surface area (Å²) in [5.41, 5.74) is 0.738. The van der Waals surface area contributed by atoms with Gasteiger partial charge in [0.05, 0.1) is 18.3 Å². The first-order valence-corrected chi connectivity index (χ1v) is 12.0. The number of anilines is 2. The minimum absolute atomic E-state index is 0.0301. The molecule has 0 radical (unpaired) electrons. The third-order valence-electron chi connectivity index (χ3n) is 6.52. The Morgan fingerprint density at radius 1 is 1.24 bits per heavy atom. The molecule has 0 saturated carbocycles. The topological polar surface area (TPSA) is 149 Å². The van der Waals surface area contributed by atoms with Crippen molar-refractivity contribution >= 4 is 47.0 Å². The van der Waals surface area contributed by atoms with Crippen LogP contribution in [0.4, 0.5) is 21.0 Å². The minimum Gasteiger partial charge on any atom is -0.465 e. The zero-order valence-electron chi connectivity index (χ0n) is 20.2. The van der Waals surface area contributed by atoms with E-state index in [1.54, 1.807) is 18.2 Å². The summed E-state index contributed by atoms with van der Waals surface area (Å²) in [4.78, 5) is 52.3. The summed E-state index contributed by atoms with van der Waals surface area (Å²) in [6.45, 7) is 1.84. The zero-order valence-corrected chi connectivity index (χ0v) is 21.0. The van der Waals surface area contributed by atoms with Crippen LogP contribution in [-0.2, 0) is 15.1 Å². The van der Waals surface area contributed by atoms with Crippen LogP contribution >= 0.6 is 11.6 Å². The lowest BCUT2D eigenvalue weighted by Crippen LogP contribution is -2.50. The van der Waals surface area contributed by atoms with E-state index in [0.29, 0.717) is 28.4 Å². The van der Waals surface area contributed by atoms with E-state index < -0.39 is 41.7 Å². The molecule has 1 saturated heterocycles. The van der Waals surface area contributed by atoms with Crippen molar-refractivity contribution in [3.05, 3.63) is 58.6 Å². The number of amides is 4. The predicted octanol–water partition coefficient (Wildman–Crippen LogP) is 3.01. The van der Waals surface area contributed by atoms with E-state index in [4.69, 9.17) is 21.4 Å². The number of aliphatic hydroxyl groups excluding tert-OH is 1. The molecule has 2 aromatic rings. The number of carboxylic acid groups (broad SMARTS) is 1. The van der Waals surface area contributed by atoms with Gasteiger partial charge < -0.3 is 25.2 Å². The number of likely N-dealkylation sites (tertiary alicyclic amines) is 1. The Hall–Kier alpha value is -3.83. The van der Waals surface area contributed by atoms with Gasteiger partial charge in [0.1, 0.15) is 6.04 Å². The summed E-state index contributed by atoms with van der Waals surface area (Å²) < 4.78 is 5.67. The summed E-state index contributed by atoms with van der Waals surface area (Å²) in [5.74, 6) is -0.977. The van der Waals surface area contributed by atoms with Gasteiger partial charge >= 0.3 is 12.2 Å². The van der Waals surface area contributed by atoms with Gasteiger partial charge in [-0.3, -0.25) is 19.8 Å². The first kappa shape index (κ1) is 26.2. The number of carbonyl (C=O) groups is 4. The van der Waals surface area contributed by atoms with Crippen LogP contribution in [0, 0.1) is 0 Å². The number of benzene rings is 2. The molecular weight excluding hydrogens is 504 g/mol. The van der Waals surface area contributed by atoms with Gasteiger partial charge in [-0.05, 0) is 49.4 Å². The van der Waals surface area contributed by atoms with Gasteiger partial charge in [-0.2, -0.15) is 0 Å². The monoisotopic (exact) mass is 530 g/mol. The van der Waals surface area contributed by atoms with Crippen LogP contribution in [0.2, 0.25) is 5.02 Å². The number of carbonyl (C=O) groups excluding carboxylic acids is 3. The fourth-order valence-electron chi connectivity index (χ4n) is 4.61. The minimum atomic E-state index is -1.15. The Morgan fingerprint density at radius 3 is 2.59 bits per heavy atom. The van der Waals surface area contributed by atoms with Crippen molar-refractivity contribution in [3.63, 3.8) is 0 Å². The largest absolute Gasteiger partial charge is 0.465 e. The highest BCUT2D eigenvalue weighted by Gasteiger charge is 2.49. The molecule has 4 amide bonds. The van der Waals surface area contributed by atoms with E-state index in [1.165, 1.54) is 43.1 Å². The molecule has 12 heteroatoms. The maximum absolute atomic E-state index is 13.5. The van der Waals surface area contributed by atoms with Crippen molar-refractivity contribution < 1.29 is 34.1 Å². The normalized spacial score (nSPS) is 19.9. The van der Waals surface area contributed by atoms with Gasteiger partial charge in [0, 0.05) is 48.3 Å². The van der Waals surface area contributed by atoms with E-state index in [0.717, 1.165) is 4.90 Å². The van der Waals surface area contributed by atoms with Gasteiger partial charge in [-0.1, -0.05) is 11.6 Å². The molecule has 1 spiro atoms. The van der Waals surface area contributed by atoms with Crippen molar-refractivity contribution in [1.29, 1.82) is 0 Å². The van der Waals surface area contributed by atoms with Crippen LogP contribution in [0.5, 0.6) is 0 Å². The fourth-order valence-corrected chi connectivity index (χ4v) is 4.79. The number of ether oxygens (including phenoxy) is 1. The lowest BCUT2D eigenvalue weighted by molar-refractivity contribution is -0.134. The molecule has 3 atom stereocenters. The van der Waals surface area contributed by atoms with Crippen molar-refractivity contribution in [1.82, 2.24) is 10.2 Å². The fraction of sp³-hybridized carbons (Fsp3) is 0.360. The molecular formula is C25H27ClN4O7. The van der Waals surface area contributed by atoms with Gasteiger partial charge in [-0.15, -0.1) is 0 Å². The number of hydrogen-bond donors (Lipinski definition) is 4. The molecule has 37 heavy (non-hydrogen) atoms. The third kappa shape index (κ3) is 5.47. The standard InChI is InChI=1S/C25H27ClN4O7/c1-14(31)11-20(27-21(32)15-3-6-17(7-4-15)29(2)24(35)36)22(33)30-10-9-25(13-30)18-12-16(26)5-8-19(18)28-23(34)37-25/h3-8,12,14,20,31H,9-11,13H2,1-2H3,(H,27,32)(H,28,34)(H,35,36)/t14?,20-,25-/m0/s1. The van der Waals surface area contributed by atoms with Gasteiger partial charge in [-0.25, -0.2) is 9.59 Å². The van der Waals surface area contributed by atoms with Crippen molar-refractivity contribution in [2.24, 2.45) is 0 Å². The molecule has 2 heterocycles. The number of rotatable bonds is 6. The van der Waals surface area contributed by atoms with Crippen LogP contribution in [0.15, 0.2) is 42.5 Å². The molecule has 2 aliphatic heterocycles. The van der Waals surface area contributed by atoms with Gasteiger partial charge in [0.15, 0.2) is 5.60 Å². The maximum atomic E-state index is 13.5. The second-order valence-corrected chi connectivity index (χ2v) is 9.64. The summed E-state index contributed by atoms with van der Waals surface area (Å²) in [7, 11) is 1.38. The van der Waals surface area contributed by atoms with Gasteiger partial charge in [0.2, 0.25) is 5.91 Å². The van der Waals surface area contributed by atoms with Crippen molar-refractivity contribution in [2.45, 2.75) is 37.5 Å². The van der Waals surface area contributed by atoms with E-state index in [9.17, 15) is 24.3 Å². The van der Waals surface area contributed by atoms with E-state index in [-0.39, 0.29) is 25.1 Å². The molecule has 4 rings (SSSR count). The summed E-state index contributed by atoms with van der Waals surface area (Å²) in [5, 5.41) is 24.9. The number of nitrogens with one attached hydrogen (secondary N) is 2. The Bertz CT molecular complexity index is 1240. The molecule has 4 N–H and O–H groups in total. The molecule has 0 aliphatic carbocycles. The summed E-state index contributed by atoms with van der Waals surface area (Å²) in [6.07, 6.45) is -2.35. The maximum Gasteiger partial charge on any atom is 0.412 e. The zero-order chi connectivity index (χ0) is 26.9. The summed E-state index contributed by atoms with van der Waals surface area (Å²) in [6, 6.07) is 9.85. The highest BCUT2D eigenvalue weighted by molar-refractivity contribution is 6.30. The molecule has 11 nitrogen and oxygen atoms in total. The predicted molar refractivity (Wildman–Crippen MR) is 135 cm³/mol. The first-order valence-electron chi connectivity index (χ1n) is 11.6. The molecule has 2 aromatic carbocycles. The highest BCUT2D eigenvalue weighted by Crippen LogP contribution is 2.43. The summed E-state index contributed by atoms with van der Waals surface area (Å²) >= 11 is 6.18. The number of nitrogens with zero attached hydrogens (tertiary/aromatic N) is 2. The Kier molecular flexibility index (Phi) is 7.28. The Morgan fingerprint density at radius 2 is 1.95 bits per heavy atom. The van der Waals surface area contributed by atoms with Crippen molar-refractivity contribution in [2.75, 3.05) is 30.4 Å². The van der Waals surface area contributed by atoms with Crippen LogP contribution in [-0.4, -0.2) is 71.4 Å². The molecule has 2 aliphatic rings. The second kappa shape index (κ2) is 10.3. The molecule has 1 unspecified atom stereocenters. The Balaban J connectivity index is 1.51. The van der Waals surface area contributed by atoms with Crippen LogP contribution < -0.4 is 15.5 Å².